The molecule has 0 heterocycles. The molecule has 0 saturated heterocycles. The van der Waals surface area contributed by atoms with Crippen molar-refractivity contribution >= 4 is 15.9 Å². The molecule has 2 nitrogen and oxygen atoms in total. The highest BCUT2D eigenvalue weighted by atomic mass is 79.9. The molecule has 114 valence electrons. The number of rotatable bonds is 9. The Morgan fingerprint density at radius 1 is 1.25 bits per heavy atom. The zero-order chi connectivity index (χ0) is 15.0. The number of hydrogen-bond donors (Lipinski definition) is 1. The monoisotopic (exact) mass is 341 g/mol. The summed E-state index contributed by atoms with van der Waals surface area (Å²) in [7, 11) is 1.75. The van der Waals surface area contributed by atoms with Gasteiger partial charge in [-0.25, -0.2) is 0 Å². The van der Waals surface area contributed by atoms with Crippen molar-refractivity contribution in [3.8, 4) is 5.75 Å². The summed E-state index contributed by atoms with van der Waals surface area (Å²) in [6.07, 6.45) is 4.67. The van der Waals surface area contributed by atoms with Crippen LogP contribution in [0.1, 0.15) is 45.6 Å². The number of nitrogens with one attached hydrogen (secondary N) is 1. The molecule has 1 atom stereocenters. The van der Waals surface area contributed by atoms with Gasteiger partial charge in [0.15, 0.2) is 0 Å². The fourth-order valence-corrected chi connectivity index (χ4v) is 2.74. The van der Waals surface area contributed by atoms with Crippen LogP contribution in [0.2, 0.25) is 0 Å². The Bertz CT molecular complexity index is 393. The van der Waals surface area contributed by atoms with E-state index in [1.165, 1.54) is 24.8 Å². The third-order valence-corrected chi connectivity index (χ3v) is 3.98. The lowest BCUT2D eigenvalue weighted by atomic mass is 9.97. The maximum atomic E-state index is 5.48. The normalized spacial score (nSPS) is 12.7. The molecule has 0 aliphatic carbocycles. The van der Waals surface area contributed by atoms with E-state index in [4.69, 9.17) is 4.74 Å². The second-order valence-electron chi connectivity index (χ2n) is 5.78. The smallest absolute Gasteiger partial charge is 0.122 e. The summed E-state index contributed by atoms with van der Waals surface area (Å²) >= 11 is 3.55. The lowest BCUT2D eigenvalue weighted by molar-refractivity contribution is 0.395. The van der Waals surface area contributed by atoms with E-state index in [-0.39, 0.29) is 0 Å². The number of hydrogen-bond acceptors (Lipinski definition) is 2. The molecule has 0 saturated carbocycles. The fourth-order valence-electron chi connectivity index (χ4n) is 2.33. The molecule has 1 rings (SSSR count). The molecule has 0 radical (unpaired) electrons. The van der Waals surface area contributed by atoms with Gasteiger partial charge in [-0.05, 0) is 61.9 Å². The molecule has 0 fully saturated rings. The quantitative estimate of drug-likeness (QED) is 0.696. The van der Waals surface area contributed by atoms with Crippen LogP contribution in [0.25, 0.3) is 0 Å². The van der Waals surface area contributed by atoms with E-state index in [0.29, 0.717) is 6.04 Å². The molecule has 0 aliphatic rings. The van der Waals surface area contributed by atoms with E-state index in [1.54, 1.807) is 7.11 Å². The zero-order valence-corrected chi connectivity index (χ0v) is 14.8. The predicted molar refractivity (Wildman–Crippen MR) is 90.6 cm³/mol. The summed E-state index contributed by atoms with van der Waals surface area (Å²) in [5, 5.41) is 3.67. The van der Waals surface area contributed by atoms with Gasteiger partial charge < -0.3 is 10.1 Å². The lowest BCUT2D eigenvalue weighted by Crippen LogP contribution is -2.32. The van der Waals surface area contributed by atoms with Gasteiger partial charge in [0.2, 0.25) is 0 Å². The minimum atomic E-state index is 0.528. The molecule has 3 heteroatoms. The van der Waals surface area contributed by atoms with Gasteiger partial charge in [-0.3, -0.25) is 0 Å². The standard InChI is InChI=1S/C17H28BrNO/c1-5-10-19-16(8-6-13(2)3)12-14-11-15(18)7-9-17(14)20-4/h7,9,11,13,16,19H,5-6,8,10,12H2,1-4H3. The van der Waals surface area contributed by atoms with Gasteiger partial charge in [0.1, 0.15) is 5.75 Å². The molecule has 1 unspecified atom stereocenters. The van der Waals surface area contributed by atoms with Crippen LogP contribution in [0.15, 0.2) is 22.7 Å². The molecule has 0 aliphatic heterocycles. The molecule has 0 spiro atoms. The SMILES string of the molecule is CCCNC(CCC(C)C)Cc1cc(Br)ccc1OC. The number of benzene rings is 1. The van der Waals surface area contributed by atoms with Crippen LogP contribution < -0.4 is 10.1 Å². The van der Waals surface area contributed by atoms with Gasteiger partial charge in [-0.15, -0.1) is 0 Å². The molecule has 1 aromatic rings. The van der Waals surface area contributed by atoms with E-state index in [0.717, 1.165) is 29.1 Å². The van der Waals surface area contributed by atoms with E-state index in [2.05, 4.69) is 48.1 Å². The van der Waals surface area contributed by atoms with Crippen LogP contribution in [-0.2, 0) is 6.42 Å². The van der Waals surface area contributed by atoms with Gasteiger partial charge in [0, 0.05) is 10.5 Å². The van der Waals surface area contributed by atoms with Crippen molar-refractivity contribution in [2.75, 3.05) is 13.7 Å². The second kappa shape index (κ2) is 9.41. The Morgan fingerprint density at radius 3 is 2.60 bits per heavy atom. The van der Waals surface area contributed by atoms with Crippen LogP contribution in [0.4, 0.5) is 0 Å². The molecular formula is C17H28BrNO. The lowest BCUT2D eigenvalue weighted by Gasteiger charge is -2.21. The maximum absolute atomic E-state index is 5.48. The minimum absolute atomic E-state index is 0.528. The van der Waals surface area contributed by atoms with Crippen LogP contribution in [0.5, 0.6) is 5.75 Å². The number of halogens is 1. The van der Waals surface area contributed by atoms with Gasteiger partial charge in [0.25, 0.3) is 0 Å². The van der Waals surface area contributed by atoms with Crippen molar-refractivity contribution in [1.82, 2.24) is 5.32 Å². The highest BCUT2D eigenvalue weighted by Gasteiger charge is 2.13. The summed E-state index contributed by atoms with van der Waals surface area (Å²) in [6.45, 7) is 7.87. The minimum Gasteiger partial charge on any atom is -0.496 e. The first kappa shape index (κ1) is 17.5. The average molecular weight is 342 g/mol. The highest BCUT2D eigenvalue weighted by Crippen LogP contribution is 2.25. The third kappa shape index (κ3) is 6.27. The van der Waals surface area contributed by atoms with Crippen molar-refractivity contribution in [2.45, 2.75) is 52.5 Å². The van der Waals surface area contributed by atoms with E-state index in [9.17, 15) is 0 Å². The van der Waals surface area contributed by atoms with Crippen molar-refractivity contribution in [1.29, 1.82) is 0 Å². The topological polar surface area (TPSA) is 21.3 Å². The first-order chi connectivity index (χ1) is 9.56. The number of ether oxygens (including phenoxy) is 1. The molecule has 0 bridgehead atoms. The van der Waals surface area contributed by atoms with Crippen LogP contribution >= 0.6 is 15.9 Å². The average Bonchev–Trinajstić information content (AvgIpc) is 2.42. The van der Waals surface area contributed by atoms with Crippen molar-refractivity contribution in [3.05, 3.63) is 28.2 Å². The van der Waals surface area contributed by atoms with Gasteiger partial charge in [-0.1, -0.05) is 36.7 Å². The molecule has 0 aromatic heterocycles. The van der Waals surface area contributed by atoms with Crippen LogP contribution in [-0.4, -0.2) is 19.7 Å². The predicted octanol–water partition coefficient (Wildman–Crippen LogP) is 4.80. The van der Waals surface area contributed by atoms with Crippen LogP contribution in [0.3, 0.4) is 0 Å². The van der Waals surface area contributed by atoms with Crippen molar-refractivity contribution < 1.29 is 4.74 Å². The molecule has 20 heavy (non-hydrogen) atoms. The Kier molecular flexibility index (Phi) is 8.24. The fraction of sp³-hybridized carbons (Fsp3) is 0.647. The van der Waals surface area contributed by atoms with Gasteiger partial charge >= 0.3 is 0 Å². The maximum Gasteiger partial charge on any atom is 0.122 e. The zero-order valence-electron chi connectivity index (χ0n) is 13.2. The molecule has 1 aromatic carbocycles. The largest absolute Gasteiger partial charge is 0.496 e. The van der Waals surface area contributed by atoms with Gasteiger partial charge in [0.05, 0.1) is 7.11 Å². The first-order valence-corrected chi connectivity index (χ1v) is 8.41. The van der Waals surface area contributed by atoms with E-state index < -0.39 is 0 Å². The van der Waals surface area contributed by atoms with E-state index >= 15 is 0 Å². The highest BCUT2D eigenvalue weighted by molar-refractivity contribution is 9.10. The summed E-state index contributed by atoms with van der Waals surface area (Å²) in [4.78, 5) is 0. The Morgan fingerprint density at radius 2 is 2.00 bits per heavy atom. The summed E-state index contributed by atoms with van der Waals surface area (Å²) in [6, 6.07) is 6.78. The third-order valence-electron chi connectivity index (χ3n) is 3.48. The summed E-state index contributed by atoms with van der Waals surface area (Å²) in [5.41, 5.74) is 1.28. The van der Waals surface area contributed by atoms with Crippen molar-refractivity contribution in [2.24, 2.45) is 5.92 Å². The van der Waals surface area contributed by atoms with Crippen molar-refractivity contribution in [3.63, 3.8) is 0 Å². The molecular weight excluding hydrogens is 314 g/mol. The van der Waals surface area contributed by atoms with E-state index in [1.807, 2.05) is 12.1 Å². The molecule has 0 amide bonds. The summed E-state index contributed by atoms with van der Waals surface area (Å²) < 4.78 is 6.60. The Balaban J connectivity index is 2.73. The Labute approximate surface area is 132 Å². The van der Waals surface area contributed by atoms with Crippen LogP contribution in [0, 0.1) is 5.92 Å². The summed E-state index contributed by atoms with van der Waals surface area (Å²) in [5.74, 6) is 1.74. The first-order valence-electron chi connectivity index (χ1n) is 7.62. The van der Waals surface area contributed by atoms with Gasteiger partial charge in [-0.2, -0.15) is 0 Å². The number of methoxy groups -OCH3 is 1. The Hall–Kier alpha value is -0.540. The second-order valence-corrected chi connectivity index (χ2v) is 6.70. The molecule has 1 N–H and O–H groups in total.